The number of nitrogens with one attached hydrogen (secondary N) is 1. The predicted octanol–water partition coefficient (Wildman–Crippen LogP) is 4.15. The van der Waals surface area contributed by atoms with Gasteiger partial charge in [0.1, 0.15) is 12.3 Å². The highest BCUT2D eigenvalue weighted by Crippen LogP contribution is 2.25. The molecule has 7 heteroatoms. The summed E-state index contributed by atoms with van der Waals surface area (Å²) in [4.78, 5) is 12.8. The summed E-state index contributed by atoms with van der Waals surface area (Å²) in [6.45, 7) is 3.45. The van der Waals surface area contributed by atoms with Crippen molar-refractivity contribution in [2.45, 2.75) is 18.7 Å². The molecule has 0 unspecified atom stereocenters. The van der Waals surface area contributed by atoms with Crippen molar-refractivity contribution >= 4 is 27.3 Å². The number of carbonyl (C=O) groups is 1. The van der Waals surface area contributed by atoms with Gasteiger partial charge in [0.25, 0.3) is 10.0 Å². The van der Waals surface area contributed by atoms with Crippen molar-refractivity contribution < 1.29 is 17.9 Å². The van der Waals surface area contributed by atoms with E-state index in [0.29, 0.717) is 17.1 Å². The van der Waals surface area contributed by atoms with Gasteiger partial charge in [-0.15, -0.1) is 0 Å². The molecule has 0 spiro atoms. The van der Waals surface area contributed by atoms with Gasteiger partial charge in [-0.25, -0.2) is 8.42 Å². The van der Waals surface area contributed by atoms with Crippen LogP contribution < -0.4 is 14.4 Å². The maximum atomic E-state index is 13.3. The molecule has 0 fully saturated rings. The van der Waals surface area contributed by atoms with Crippen molar-refractivity contribution in [2.75, 3.05) is 23.3 Å². The minimum absolute atomic E-state index is 0.130. The lowest BCUT2D eigenvalue weighted by Gasteiger charge is -2.24. The number of benzene rings is 3. The average Bonchev–Trinajstić information content (AvgIpc) is 2.73. The number of hydrogen-bond donors (Lipinski definition) is 1. The van der Waals surface area contributed by atoms with E-state index in [1.54, 1.807) is 67.8 Å². The first-order chi connectivity index (χ1) is 14.3. The second-order valence-corrected chi connectivity index (χ2v) is 8.80. The van der Waals surface area contributed by atoms with Crippen LogP contribution in [0.5, 0.6) is 5.75 Å². The highest BCUT2D eigenvalue weighted by molar-refractivity contribution is 7.92. The number of aryl methyl sites for hydroxylation is 2. The van der Waals surface area contributed by atoms with E-state index < -0.39 is 15.9 Å². The molecule has 0 radical (unpaired) electrons. The summed E-state index contributed by atoms with van der Waals surface area (Å²) in [6, 6.07) is 20.4. The topological polar surface area (TPSA) is 75.7 Å². The molecule has 0 heterocycles. The number of anilines is 2. The van der Waals surface area contributed by atoms with Gasteiger partial charge in [-0.05, 0) is 62.4 Å². The van der Waals surface area contributed by atoms with Crippen molar-refractivity contribution in [1.29, 1.82) is 0 Å². The zero-order chi connectivity index (χ0) is 21.7. The summed E-state index contributed by atoms with van der Waals surface area (Å²) in [7, 11) is -2.37. The minimum Gasteiger partial charge on any atom is -0.497 e. The maximum absolute atomic E-state index is 13.3. The largest absolute Gasteiger partial charge is 0.497 e. The number of sulfonamides is 1. The summed E-state index contributed by atoms with van der Waals surface area (Å²) in [5.74, 6) is 0.215. The monoisotopic (exact) mass is 424 g/mol. The van der Waals surface area contributed by atoms with E-state index in [1.165, 1.54) is 0 Å². The smallest absolute Gasteiger partial charge is 0.264 e. The summed E-state index contributed by atoms with van der Waals surface area (Å²) < 4.78 is 32.9. The van der Waals surface area contributed by atoms with E-state index in [0.717, 1.165) is 15.4 Å². The lowest BCUT2D eigenvalue weighted by Crippen LogP contribution is -2.38. The first-order valence-electron chi connectivity index (χ1n) is 9.39. The average molecular weight is 425 g/mol. The number of carbonyl (C=O) groups excluding carboxylic acids is 1. The van der Waals surface area contributed by atoms with E-state index in [-0.39, 0.29) is 11.4 Å². The molecule has 0 aromatic heterocycles. The van der Waals surface area contributed by atoms with Crippen molar-refractivity contribution in [3.8, 4) is 5.75 Å². The number of ether oxygens (including phenoxy) is 1. The number of nitrogens with zero attached hydrogens (tertiary/aromatic N) is 1. The van der Waals surface area contributed by atoms with E-state index >= 15 is 0 Å². The van der Waals surface area contributed by atoms with Gasteiger partial charge in [0.15, 0.2) is 0 Å². The third-order valence-corrected chi connectivity index (χ3v) is 6.38. The fourth-order valence-electron chi connectivity index (χ4n) is 2.87. The molecule has 3 aromatic rings. The molecule has 0 aliphatic carbocycles. The first-order valence-corrected chi connectivity index (χ1v) is 10.8. The minimum atomic E-state index is -3.93. The molecule has 0 aliphatic heterocycles. The molecule has 156 valence electrons. The molecule has 6 nitrogen and oxygen atoms in total. The number of amides is 1. The van der Waals surface area contributed by atoms with Crippen LogP contribution in [0.15, 0.2) is 77.7 Å². The highest BCUT2D eigenvalue weighted by atomic mass is 32.2. The van der Waals surface area contributed by atoms with Gasteiger partial charge in [-0.3, -0.25) is 9.10 Å². The number of hydrogen-bond acceptors (Lipinski definition) is 4. The van der Waals surface area contributed by atoms with Gasteiger partial charge in [0.05, 0.1) is 17.7 Å². The lowest BCUT2D eigenvalue weighted by atomic mass is 10.2. The van der Waals surface area contributed by atoms with Crippen molar-refractivity contribution in [2.24, 2.45) is 0 Å². The van der Waals surface area contributed by atoms with Crippen LogP contribution in [0.25, 0.3) is 0 Å². The molecule has 0 atom stereocenters. The van der Waals surface area contributed by atoms with Gasteiger partial charge in [0, 0.05) is 5.69 Å². The molecule has 3 rings (SSSR count). The zero-order valence-electron chi connectivity index (χ0n) is 17.1. The van der Waals surface area contributed by atoms with Crippen molar-refractivity contribution in [3.05, 3.63) is 83.9 Å². The lowest BCUT2D eigenvalue weighted by molar-refractivity contribution is -0.114. The van der Waals surface area contributed by atoms with Gasteiger partial charge >= 0.3 is 0 Å². The summed E-state index contributed by atoms with van der Waals surface area (Å²) in [5, 5.41) is 2.74. The fraction of sp³-hybridized carbons (Fsp3) is 0.174. The highest BCUT2D eigenvalue weighted by Gasteiger charge is 2.27. The molecular weight excluding hydrogens is 400 g/mol. The summed E-state index contributed by atoms with van der Waals surface area (Å²) in [5.41, 5.74) is 2.92. The molecule has 1 N–H and O–H groups in total. The third kappa shape index (κ3) is 4.99. The molecule has 0 saturated heterocycles. The molecule has 30 heavy (non-hydrogen) atoms. The van der Waals surface area contributed by atoms with Crippen LogP contribution in [0.4, 0.5) is 11.4 Å². The summed E-state index contributed by atoms with van der Waals surface area (Å²) >= 11 is 0. The van der Waals surface area contributed by atoms with Crippen LogP contribution in [-0.2, 0) is 14.8 Å². The Hall–Kier alpha value is -3.32. The fourth-order valence-corrected chi connectivity index (χ4v) is 4.29. The van der Waals surface area contributed by atoms with E-state index in [4.69, 9.17) is 4.74 Å². The second kappa shape index (κ2) is 9.00. The van der Waals surface area contributed by atoms with Crippen LogP contribution in [0.3, 0.4) is 0 Å². The normalized spacial score (nSPS) is 11.0. The van der Waals surface area contributed by atoms with Gasteiger partial charge in [0.2, 0.25) is 5.91 Å². The quantitative estimate of drug-likeness (QED) is 0.618. The van der Waals surface area contributed by atoms with Gasteiger partial charge in [-0.2, -0.15) is 0 Å². The van der Waals surface area contributed by atoms with Gasteiger partial charge in [-0.1, -0.05) is 35.4 Å². The van der Waals surface area contributed by atoms with Gasteiger partial charge < -0.3 is 10.1 Å². The van der Waals surface area contributed by atoms with Crippen LogP contribution in [0, 0.1) is 13.8 Å². The van der Waals surface area contributed by atoms with Crippen LogP contribution in [-0.4, -0.2) is 28.0 Å². The Kier molecular flexibility index (Phi) is 6.42. The molecule has 0 aliphatic rings. The first kappa shape index (κ1) is 21.4. The Morgan fingerprint density at radius 2 is 1.40 bits per heavy atom. The Labute approximate surface area is 177 Å². The predicted molar refractivity (Wildman–Crippen MR) is 119 cm³/mol. The SMILES string of the molecule is COc1ccc(NC(=O)CN(c2ccc(C)cc2)S(=O)(=O)c2ccc(C)cc2)cc1. The Morgan fingerprint density at radius 1 is 0.867 bits per heavy atom. The standard InChI is InChI=1S/C23H24N2O4S/c1-17-4-10-20(11-5-17)25(30(27,28)22-14-6-18(2)7-15-22)16-23(26)24-19-8-12-21(29-3)13-9-19/h4-15H,16H2,1-3H3,(H,24,26). The molecular formula is C23H24N2O4S. The van der Waals surface area contributed by atoms with E-state index in [9.17, 15) is 13.2 Å². The Bertz CT molecular complexity index is 1110. The molecule has 0 bridgehead atoms. The molecule has 3 aromatic carbocycles. The van der Waals surface area contributed by atoms with Crippen molar-refractivity contribution in [1.82, 2.24) is 0 Å². The van der Waals surface area contributed by atoms with Crippen LogP contribution in [0.1, 0.15) is 11.1 Å². The van der Waals surface area contributed by atoms with E-state index in [1.807, 2.05) is 26.0 Å². The number of methoxy groups -OCH3 is 1. The molecule has 0 saturated carbocycles. The van der Waals surface area contributed by atoms with Crippen molar-refractivity contribution in [3.63, 3.8) is 0 Å². The second-order valence-electron chi connectivity index (χ2n) is 6.94. The molecule has 1 amide bonds. The Morgan fingerprint density at radius 3 is 1.93 bits per heavy atom. The number of rotatable bonds is 7. The van der Waals surface area contributed by atoms with E-state index in [2.05, 4.69) is 5.32 Å². The van der Waals surface area contributed by atoms with Crippen LogP contribution in [0.2, 0.25) is 0 Å². The van der Waals surface area contributed by atoms with Crippen LogP contribution >= 0.6 is 0 Å². The Balaban J connectivity index is 1.90. The third-order valence-electron chi connectivity index (χ3n) is 4.59. The zero-order valence-corrected chi connectivity index (χ0v) is 17.9. The summed E-state index contributed by atoms with van der Waals surface area (Å²) in [6.07, 6.45) is 0. The maximum Gasteiger partial charge on any atom is 0.264 e.